The number of nitrogens with zero attached hydrogens (tertiary/aromatic N) is 1. The zero-order valence-electron chi connectivity index (χ0n) is 25.1. The van der Waals surface area contributed by atoms with Gasteiger partial charge in [0, 0.05) is 27.5 Å². The van der Waals surface area contributed by atoms with Crippen molar-refractivity contribution in [2.24, 2.45) is 0 Å². The number of hydrogen-bond acceptors (Lipinski definition) is 2. The highest BCUT2D eigenvalue weighted by atomic mass is 16.3. The van der Waals surface area contributed by atoms with Crippen molar-refractivity contribution in [1.82, 2.24) is 0 Å². The molecule has 0 saturated carbocycles. The summed E-state index contributed by atoms with van der Waals surface area (Å²) < 4.78 is 6.81. The van der Waals surface area contributed by atoms with E-state index in [1.807, 2.05) is 0 Å². The maximum atomic E-state index is 6.81. The van der Waals surface area contributed by atoms with E-state index in [0.717, 1.165) is 44.4 Å². The number of furan rings is 1. The van der Waals surface area contributed by atoms with E-state index in [1.54, 1.807) is 0 Å². The fourth-order valence-corrected chi connectivity index (χ4v) is 6.82. The van der Waals surface area contributed by atoms with E-state index in [0.29, 0.717) is 0 Å². The van der Waals surface area contributed by atoms with Crippen molar-refractivity contribution in [2.45, 2.75) is 0 Å². The first-order valence-electron chi connectivity index (χ1n) is 15.7. The van der Waals surface area contributed by atoms with E-state index in [4.69, 9.17) is 4.42 Å². The number of rotatable bonds is 5. The SMILES string of the molecule is c1ccc(-c2ccc(N(c3ccc(-c4cccc5ccccc45)cc3)c3cccc4c3oc3c5ccccc5ccc43)cc2)cc1. The van der Waals surface area contributed by atoms with Gasteiger partial charge in [0.1, 0.15) is 5.58 Å². The molecule has 8 aromatic carbocycles. The third-order valence-electron chi connectivity index (χ3n) is 9.07. The molecule has 9 rings (SSSR count). The number of fused-ring (bicyclic) bond motifs is 6. The van der Waals surface area contributed by atoms with Gasteiger partial charge < -0.3 is 9.32 Å². The topological polar surface area (TPSA) is 16.4 Å². The van der Waals surface area contributed by atoms with Crippen LogP contribution in [-0.4, -0.2) is 0 Å². The predicted molar refractivity (Wildman–Crippen MR) is 194 cm³/mol. The first-order chi connectivity index (χ1) is 22.8. The average Bonchev–Trinajstić information content (AvgIpc) is 3.53. The molecular formula is C44H29NO. The van der Waals surface area contributed by atoms with Crippen molar-refractivity contribution < 1.29 is 4.42 Å². The summed E-state index contributed by atoms with van der Waals surface area (Å²) in [6.45, 7) is 0. The molecule has 0 spiro atoms. The first kappa shape index (κ1) is 26.3. The lowest BCUT2D eigenvalue weighted by Gasteiger charge is -2.26. The lowest BCUT2D eigenvalue weighted by atomic mass is 9.98. The molecule has 0 unspecified atom stereocenters. The molecule has 0 radical (unpaired) electrons. The molecule has 0 N–H and O–H groups in total. The first-order valence-corrected chi connectivity index (χ1v) is 15.7. The van der Waals surface area contributed by atoms with Crippen LogP contribution in [0.2, 0.25) is 0 Å². The molecule has 0 aliphatic carbocycles. The second kappa shape index (κ2) is 10.8. The lowest BCUT2D eigenvalue weighted by molar-refractivity contribution is 0.673. The molecule has 1 heterocycles. The summed E-state index contributed by atoms with van der Waals surface area (Å²) in [6, 6.07) is 62.6. The summed E-state index contributed by atoms with van der Waals surface area (Å²) in [5.41, 5.74) is 9.73. The summed E-state index contributed by atoms with van der Waals surface area (Å²) in [5.74, 6) is 0. The summed E-state index contributed by atoms with van der Waals surface area (Å²) in [6.07, 6.45) is 0. The van der Waals surface area contributed by atoms with Gasteiger partial charge in [-0.25, -0.2) is 0 Å². The molecule has 0 aliphatic rings. The Morgan fingerprint density at radius 1 is 0.326 bits per heavy atom. The van der Waals surface area contributed by atoms with Crippen LogP contribution in [0.4, 0.5) is 17.1 Å². The van der Waals surface area contributed by atoms with Crippen LogP contribution in [0.1, 0.15) is 0 Å². The lowest BCUT2D eigenvalue weighted by Crippen LogP contribution is -2.10. The van der Waals surface area contributed by atoms with E-state index in [2.05, 4.69) is 181 Å². The molecule has 216 valence electrons. The van der Waals surface area contributed by atoms with E-state index in [1.165, 1.54) is 38.4 Å². The quantitative estimate of drug-likeness (QED) is 0.199. The van der Waals surface area contributed by atoms with E-state index in [-0.39, 0.29) is 0 Å². The summed E-state index contributed by atoms with van der Waals surface area (Å²) >= 11 is 0. The van der Waals surface area contributed by atoms with Crippen molar-refractivity contribution >= 4 is 60.5 Å². The molecule has 9 aromatic rings. The second-order valence-electron chi connectivity index (χ2n) is 11.7. The van der Waals surface area contributed by atoms with Gasteiger partial charge in [0.25, 0.3) is 0 Å². The van der Waals surface area contributed by atoms with Gasteiger partial charge in [-0.05, 0) is 74.8 Å². The molecule has 0 aliphatic heterocycles. The minimum absolute atomic E-state index is 0.874. The van der Waals surface area contributed by atoms with E-state index in [9.17, 15) is 0 Å². The van der Waals surface area contributed by atoms with Crippen LogP contribution < -0.4 is 4.90 Å². The van der Waals surface area contributed by atoms with Gasteiger partial charge in [0.2, 0.25) is 0 Å². The van der Waals surface area contributed by atoms with Crippen molar-refractivity contribution in [3.8, 4) is 22.3 Å². The monoisotopic (exact) mass is 587 g/mol. The minimum atomic E-state index is 0.874. The van der Waals surface area contributed by atoms with Crippen LogP contribution in [0.3, 0.4) is 0 Å². The highest BCUT2D eigenvalue weighted by Gasteiger charge is 2.20. The van der Waals surface area contributed by atoms with Gasteiger partial charge >= 0.3 is 0 Å². The predicted octanol–water partition coefficient (Wildman–Crippen LogP) is 12.7. The van der Waals surface area contributed by atoms with Gasteiger partial charge in [-0.1, -0.05) is 140 Å². The standard InChI is InChI=1S/C44H29NO/c1-2-10-30(11-3-1)31-20-25-35(26-21-31)45(36-27-22-34(23-28-36)38-17-8-14-32-12-4-6-15-37(32)38)42-19-9-18-40-41-29-24-33-13-5-7-16-39(33)43(41)46-44(40)42/h1-29H. The Hall–Kier alpha value is -6.12. The Morgan fingerprint density at radius 2 is 0.870 bits per heavy atom. The Balaban J connectivity index is 1.23. The third kappa shape index (κ3) is 4.35. The van der Waals surface area contributed by atoms with Crippen LogP contribution in [0.15, 0.2) is 180 Å². The normalized spacial score (nSPS) is 11.5. The molecule has 46 heavy (non-hydrogen) atoms. The fourth-order valence-electron chi connectivity index (χ4n) is 6.82. The Morgan fingerprint density at radius 3 is 1.63 bits per heavy atom. The van der Waals surface area contributed by atoms with Gasteiger partial charge in [-0.3, -0.25) is 0 Å². The summed E-state index contributed by atoms with van der Waals surface area (Å²) in [5, 5.41) is 7.03. The number of hydrogen-bond donors (Lipinski definition) is 0. The molecule has 2 heteroatoms. The van der Waals surface area contributed by atoms with Gasteiger partial charge in [-0.15, -0.1) is 0 Å². The van der Waals surface area contributed by atoms with Crippen LogP contribution in [0.25, 0.3) is 65.7 Å². The molecule has 1 aromatic heterocycles. The molecule has 2 nitrogen and oxygen atoms in total. The molecular weight excluding hydrogens is 558 g/mol. The minimum Gasteiger partial charge on any atom is -0.453 e. The largest absolute Gasteiger partial charge is 0.453 e. The summed E-state index contributed by atoms with van der Waals surface area (Å²) in [4.78, 5) is 2.31. The Kier molecular flexibility index (Phi) is 6.17. The van der Waals surface area contributed by atoms with Gasteiger partial charge in [-0.2, -0.15) is 0 Å². The molecule has 0 bridgehead atoms. The van der Waals surface area contributed by atoms with Crippen LogP contribution in [-0.2, 0) is 0 Å². The van der Waals surface area contributed by atoms with Gasteiger partial charge in [0.15, 0.2) is 5.58 Å². The molecule has 0 atom stereocenters. The Labute approximate surface area is 267 Å². The second-order valence-corrected chi connectivity index (χ2v) is 11.7. The average molecular weight is 588 g/mol. The zero-order chi connectivity index (χ0) is 30.5. The van der Waals surface area contributed by atoms with Crippen molar-refractivity contribution in [1.29, 1.82) is 0 Å². The highest BCUT2D eigenvalue weighted by molar-refractivity contribution is 6.17. The maximum Gasteiger partial charge on any atom is 0.159 e. The van der Waals surface area contributed by atoms with Crippen LogP contribution in [0.5, 0.6) is 0 Å². The summed E-state index contributed by atoms with van der Waals surface area (Å²) in [7, 11) is 0. The molecule has 0 fully saturated rings. The number of benzene rings is 8. The smallest absolute Gasteiger partial charge is 0.159 e. The Bertz CT molecular complexity index is 2500. The highest BCUT2D eigenvalue weighted by Crippen LogP contribution is 2.44. The maximum absolute atomic E-state index is 6.81. The van der Waals surface area contributed by atoms with Crippen molar-refractivity contribution in [2.75, 3.05) is 4.90 Å². The number of anilines is 3. The third-order valence-corrected chi connectivity index (χ3v) is 9.07. The van der Waals surface area contributed by atoms with Crippen molar-refractivity contribution in [3.05, 3.63) is 176 Å². The molecule has 0 saturated heterocycles. The number of para-hydroxylation sites is 1. The van der Waals surface area contributed by atoms with Crippen molar-refractivity contribution in [3.63, 3.8) is 0 Å². The van der Waals surface area contributed by atoms with Crippen LogP contribution in [0, 0.1) is 0 Å². The van der Waals surface area contributed by atoms with E-state index >= 15 is 0 Å². The van der Waals surface area contributed by atoms with Crippen LogP contribution >= 0.6 is 0 Å². The van der Waals surface area contributed by atoms with E-state index < -0.39 is 0 Å². The fraction of sp³-hybridized carbons (Fsp3) is 0. The zero-order valence-corrected chi connectivity index (χ0v) is 25.1. The van der Waals surface area contributed by atoms with Gasteiger partial charge in [0.05, 0.1) is 5.69 Å². The molecule has 0 amide bonds.